The number of hydrogen-bond acceptors (Lipinski definition) is 3. The van der Waals surface area contributed by atoms with Crippen LogP contribution in [-0.2, 0) is 0 Å². The first-order valence-electron chi connectivity index (χ1n) is 7.85. The van der Waals surface area contributed by atoms with Crippen molar-refractivity contribution in [2.75, 3.05) is 46.8 Å². The Morgan fingerprint density at radius 3 is 2.89 bits per heavy atom. The lowest BCUT2D eigenvalue weighted by atomic mass is 9.94. The van der Waals surface area contributed by atoms with E-state index in [1.165, 1.54) is 71.2 Å². The molecular formula is C15H31N3. The standard InChI is InChI=1S/C15H31N3/c1-17-10-5-8-15(13-17)18(2)11-4-7-14-6-3-9-16-12-14/h14-16H,3-13H2,1-2H3. The van der Waals surface area contributed by atoms with Crippen molar-refractivity contribution in [3.63, 3.8) is 0 Å². The molecule has 2 rings (SSSR count). The normalized spacial score (nSPS) is 30.8. The average Bonchev–Trinajstić information content (AvgIpc) is 2.40. The van der Waals surface area contributed by atoms with E-state index in [0.29, 0.717) is 0 Å². The molecule has 3 nitrogen and oxygen atoms in total. The summed E-state index contributed by atoms with van der Waals surface area (Å²) >= 11 is 0. The lowest BCUT2D eigenvalue weighted by Crippen LogP contribution is -2.45. The molecule has 0 spiro atoms. The van der Waals surface area contributed by atoms with Crippen molar-refractivity contribution < 1.29 is 0 Å². The summed E-state index contributed by atoms with van der Waals surface area (Å²) in [6.07, 6.45) is 8.39. The number of hydrogen-bond donors (Lipinski definition) is 1. The minimum absolute atomic E-state index is 0.799. The van der Waals surface area contributed by atoms with Crippen LogP contribution in [0.5, 0.6) is 0 Å². The SMILES string of the molecule is CN1CCCC(N(C)CCCC2CCCNC2)C1. The Bertz CT molecular complexity index is 226. The number of likely N-dealkylation sites (tertiary alicyclic amines) is 1. The summed E-state index contributed by atoms with van der Waals surface area (Å²) in [5, 5.41) is 3.52. The van der Waals surface area contributed by atoms with Crippen molar-refractivity contribution in [2.24, 2.45) is 5.92 Å². The highest BCUT2D eigenvalue weighted by molar-refractivity contribution is 4.78. The summed E-state index contributed by atoms with van der Waals surface area (Å²) in [6, 6.07) is 0.799. The summed E-state index contributed by atoms with van der Waals surface area (Å²) in [7, 11) is 4.58. The van der Waals surface area contributed by atoms with E-state index >= 15 is 0 Å². The zero-order valence-corrected chi connectivity index (χ0v) is 12.3. The van der Waals surface area contributed by atoms with Crippen molar-refractivity contribution in [1.82, 2.24) is 15.1 Å². The van der Waals surface area contributed by atoms with Crippen molar-refractivity contribution in [1.29, 1.82) is 0 Å². The van der Waals surface area contributed by atoms with Gasteiger partial charge in [0.05, 0.1) is 0 Å². The summed E-state index contributed by atoms with van der Waals surface area (Å²) in [4.78, 5) is 5.08. The highest BCUT2D eigenvalue weighted by atomic mass is 15.2. The number of rotatable bonds is 5. The first-order chi connectivity index (χ1) is 8.75. The molecule has 0 radical (unpaired) electrons. The molecule has 18 heavy (non-hydrogen) atoms. The first kappa shape index (κ1) is 14.3. The minimum Gasteiger partial charge on any atom is -0.316 e. The highest BCUT2D eigenvalue weighted by Gasteiger charge is 2.21. The average molecular weight is 253 g/mol. The maximum Gasteiger partial charge on any atom is 0.0220 e. The third kappa shape index (κ3) is 4.52. The van der Waals surface area contributed by atoms with E-state index in [4.69, 9.17) is 0 Å². The molecule has 0 aliphatic carbocycles. The van der Waals surface area contributed by atoms with E-state index in [1.54, 1.807) is 0 Å². The summed E-state index contributed by atoms with van der Waals surface area (Å²) in [6.45, 7) is 6.34. The maximum atomic E-state index is 3.52. The molecule has 0 aromatic rings. The van der Waals surface area contributed by atoms with Gasteiger partial charge in [-0.2, -0.15) is 0 Å². The lowest BCUT2D eigenvalue weighted by Gasteiger charge is -2.36. The molecular weight excluding hydrogens is 222 g/mol. The Balaban J connectivity index is 1.60. The molecule has 2 saturated heterocycles. The third-order valence-electron chi connectivity index (χ3n) is 4.75. The molecule has 2 atom stereocenters. The van der Waals surface area contributed by atoms with Gasteiger partial charge in [-0.1, -0.05) is 0 Å². The number of likely N-dealkylation sites (N-methyl/N-ethyl adjacent to an activating group) is 2. The van der Waals surface area contributed by atoms with E-state index in [9.17, 15) is 0 Å². The minimum atomic E-state index is 0.799. The Hall–Kier alpha value is -0.120. The van der Waals surface area contributed by atoms with Crippen LogP contribution < -0.4 is 5.32 Å². The molecule has 3 heteroatoms. The summed E-state index contributed by atoms with van der Waals surface area (Å²) in [5.41, 5.74) is 0. The van der Waals surface area contributed by atoms with E-state index in [2.05, 4.69) is 29.2 Å². The number of nitrogens with zero attached hydrogens (tertiary/aromatic N) is 2. The van der Waals surface area contributed by atoms with Crippen LogP contribution in [0, 0.1) is 5.92 Å². The molecule has 2 unspecified atom stereocenters. The topological polar surface area (TPSA) is 18.5 Å². The molecule has 0 aromatic heterocycles. The van der Waals surface area contributed by atoms with Gasteiger partial charge in [-0.05, 0) is 84.7 Å². The molecule has 0 saturated carbocycles. The van der Waals surface area contributed by atoms with Gasteiger partial charge < -0.3 is 15.1 Å². The predicted octanol–water partition coefficient (Wildman–Crippen LogP) is 1.79. The molecule has 2 aliphatic rings. The van der Waals surface area contributed by atoms with Gasteiger partial charge in [0.1, 0.15) is 0 Å². The van der Waals surface area contributed by atoms with Gasteiger partial charge in [-0.25, -0.2) is 0 Å². The molecule has 106 valence electrons. The van der Waals surface area contributed by atoms with E-state index in [-0.39, 0.29) is 0 Å². The van der Waals surface area contributed by atoms with Crippen LogP contribution in [0.4, 0.5) is 0 Å². The van der Waals surface area contributed by atoms with Gasteiger partial charge in [-0.3, -0.25) is 0 Å². The Labute approximate surface area is 113 Å². The number of nitrogens with one attached hydrogen (secondary N) is 1. The molecule has 0 amide bonds. The molecule has 0 bridgehead atoms. The van der Waals surface area contributed by atoms with E-state index in [1.807, 2.05) is 0 Å². The molecule has 1 N–H and O–H groups in total. The van der Waals surface area contributed by atoms with Gasteiger partial charge in [-0.15, -0.1) is 0 Å². The van der Waals surface area contributed by atoms with Crippen LogP contribution >= 0.6 is 0 Å². The Kier molecular flexibility index (Phi) is 5.93. The monoisotopic (exact) mass is 253 g/mol. The zero-order chi connectivity index (χ0) is 12.8. The van der Waals surface area contributed by atoms with Crippen molar-refractivity contribution in [2.45, 2.75) is 44.6 Å². The van der Waals surface area contributed by atoms with Crippen LogP contribution in [0.2, 0.25) is 0 Å². The number of piperidine rings is 2. The van der Waals surface area contributed by atoms with E-state index in [0.717, 1.165) is 12.0 Å². The summed E-state index contributed by atoms with van der Waals surface area (Å²) < 4.78 is 0. The highest BCUT2D eigenvalue weighted by Crippen LogP contribution is 2.18. The Morgan fingerprint density at radius 1 is 1.28 bits per heavy atom. The molecule has 2 heterocycles. The van der Waals surface area contributed by atoms with Crippen molar-refractivity contribution in [3.05, 3.63) is 0 Å². The predicted molar refractivity (Wildman–Crippen MR) is 78.0 cm³/mol. The lowest BCUT2D eigenvalue weighted by molar-refractivity contribution is 0.131. The van der Waals surface area contributed by atoms with Gasteiger partial charge >= 0.3 is 0 Å². The van der Waals surface area contributed by atoms with E-state index < -0.39 is 0 Å². The van der Waals surface area contributed by atoms with Gasteiger partial charge in [0, 0.05) is 12.6 Å². The van der Waals surface area contributed by atoms with Crippen LogP contribution in [0.1, 0.15) is 38.5 Å². The first-order valence-corrected chi connectivity index (χ1v) is 7.85. The largest absolute Gasteiger partial charge is 0.316 e. The molecule has 2 aliphatic heterocycles. The molecule has 2 fully saturated rings. The van der Waals surface area contributed by atoms with Crippen LogP contribution in [0.3, 0.4) is 0 Å². The fraction of sp³-hybridized carbons (Fsp3) is 1.00. The molecule has 0 aromatic carbocycles. The fourth-order valence-corrected chi connectivity index (χ4v) is 3.48. The van der Waals surface area contributed by atoms with Crippen LogP contribution in [0.15, 0.2) is 0 Å². The second-order valence-electron chi connectivity index (χ2n) is 6.39. The zero-order valence-electron chi connectivity index (χ0n) is 12.3. The summed E-state index contributed by atoms with van der Waals surface area (Å²) in [5.74, 6) is 0.946. The van der Waals surface area contributed by atoms with Gasteiger partial charge in [0.2, 0.25) is 0 Å². The Morgan fingerprint density at radius 2 is 2.17 bits per heavy atom. The maximum absolute atomic E-state index is 3.52. The second kappa shape index (κ2) is 7.46. The van der Waals surface area contributed by atoms with Crippen molar-refractivity contribution in [3.8, 4) is 0 Å². The van der Waals surface area contributed by atoms with Gasteiger partial charge in [0.25, 0.3) is 0 Å². The quantitative estimate of drug-likeness (QED) is 0.806. The fourth-order valence-electron chi connectivity index (χ4n) is 3.48. The van der Waals surface area contributed by atoms with Crippen LogP contribution in [-0.4, -0.2) is 62.7 Å². The second-order valence-corrected chi connectivity index (χ2v) is 6.39. The van der Waals surface area contributed by atoms with Crippen molar-refractivity contribution >= 4 is 0 Å². The van der Waals surface area contributed by atoms with Gasteiger partial charge in [0.15, 0.2) is 0 Å². The smallest absolute Gasteiger partial charge is 0.0220 e. The third-order valence-corrected chi connectivity index (χ3v) is 4.75. The van der Waals surface area contributed by atoms with Crippen LogP contribution in [0.25, 0.3) is 0 Å².